The van der Waals surface area contributed by atoms with Gasteiger partial charge in [0, 0.05) is 4.88 Å². The summed E-state index contributed by atoms with van der Waals surface area (Å²) in [6, 6.07) is 5.95. The van der Waals surface area contributed by atoms with Crippen molar-refractivity contribution in [3.05, 3.63) is 45.3 Å². The van der Waals surface area contributed by atoms with Gasteiger partial charge in [-0.3, -0.25) is 9.59 Å². The molecule has 1 aromatic carbocycles. The number of aromatic nitrogens is 4. The highest BCUT2D eigenvalue weighted by Gasteiger charge is 2.26. The monoisotopic (exact) mass is 428 g/mol. The summed E-state index contributed by atoms with van der Waals surface area (Å²) >= 11 is 2.68. The highest BCUT2D eigenvalue weighted by molar-refractivity contribution is 7.99. The van der Waals surface area contributed by atoms with Crippen LogP contribution in [0.4, 0.5) is 5.00 Å². The fourth-order valence-electron chi connectivity index (χ4n) is 3.33. The number of nitrogens with zero attached hydrogens (tertiary/aromatic N) is 4. The number of thiophene rings is 1. The van der Waals surface area contributed by atoms with Crippen molar-refractivity contribution in [1.29, 1.82) is 0 Å². The van der Waals surface area contributed by atoms with Crippen molar-refractivity contribution in [2.75, 3.05) is 11.1 Å². The Balaban J connectivity index is 1.46. The maximum atomic E-state index is 12.5. The lowest BCUT2D eigenvalue weighted by atomic mass is 10.1. The van der Waals surface area contributed by atoms with E-state index < -0.39 is 5.91 Å². The number of primary amides is 1. The van der Waals surface area contributed by atoms with Crippen molar-refractivity contribution in [3.63, 3.8) is 0 Å². The summed E-state index contributed by atoms with van der Waals surface area (Å²) in [5, 5.41) is 15.7. The number of amides is 2. The molecule has 2 amide bonds. The van der Waals surface area contributed by atoms with Crippen LogP contribution < -0.4 is 11.1 Å². The molecule has 150 valence electrons. The molecule has 0 bridgehead atoms. The van der Waals surface area contributed by atoms with Crippen LogP contribution in [0.5, 0.6) is 0 Å². The van der Waals surface area contributed by atoms with Crippen LogP contribution in [0.15, 0.2) is 23.4 Å². The molecule has 2 heterocycles. The van der Waals surface area contributed by atoms with E-state index in [1.165, 1.54) is 28.7 Å². The summed E-state index contributed by atoms with van der Waals surface area (Å²) in [5.74, 6) is -0.607. The van der Waals surface area contributed by atoms with E-state index in [0.717, 1.165) is 41.0 Å². The molecular weight excluding hydrogens is 408 g/mol. The van der Waals surface area contributed by atoms with Gasteiger partial charge in [0.15, 0.2) is 0 Å². The normalized spacial score (nSPS) is 12.8. The molecule has 0 fully saturated rings. The van der Waals surface area contributed by atoms with E-state index in [1.807, 2.05) is 32.0 Å². The van der Waals surface area contributed by atoms with Crippen molar-refractivity contribution in [2.45, 2.75) is 38.3 Å². The number of nitrogens with two attached hydrogens (primary N) is 1. The average Bonchev–Trinajstić information content (AvgIpc) is 3.37. The van der Waals surface area contributed by atoms with Crippen LogP contribution in [0.25, 0.3) is 5.69 Å². The molecule has 10 heteroatoms. The zero-order chi connectivity index (χ0) is 20.5. The number of rotatable bonds is 6. The van der Waals surface area contributed by atoms with Gasteiger partial charge in [0.2, 0.25) is 11.1 Å². The van der Waals surface area contributed by atoms with Crippen LogP contribution in [0.3, 0.4) is 0 Å². The Morgan fingerprint density at radius 3 is 2.86 bits per heavy atom. The number of fused-ring (bicyclic) bond motifs is 1. The molecule has 0 atom stereocenters. The van der Waals surface area contributed by atoms with E-state index in [9.17, 15) is 9.59 Å². The fraction of sp³-hybridized carbons (Fsp3) is 0.316. The number of anilines is 1. The third-order valence-electron chi connectivity index (χ3n) is 4.93. The number of thioether (sulfide) groups is 1. The van der Waals surface area contributed by atoms with Gasteiger partial charge in [0.25, 0.3) is 5.91 Å². The zero-order valence-electron chi connectivity index (χ0n) is 16.1. The number of nitrogens with one attached hydrogen (secondary N) is 1. The molecule has 0 unspecified atom stereocenters. The molecule has 4 rings (SSSR count). The maximum Gasteiger partial charge on any atom is 0.251 e. The van der Waals surface area contributed by atoms with Crippen LogP contribution in [0, 0.1) is 13.8 Å². The fourth-order valence-corrected chi connectivity index (χ4v) is 5.34. The number of aryl methyl sites for hydroxylation is 3. The number of tetrazole rings is 1. The topological polar surface area (TPSA) is 116 Å². The molecule has 0 aliphatic heterocycles. The summed E-state index contributed by atoms with van der Waals surface area (Å²) in [4.78, 5) is 25.5. The van der Waals surface area contributed by atoms with Gasteiger partial charge in [-0.1, -0.05) is 17.8 Å². The first-order chi connectivity index (χ1) is 13.9. The first-order valence-electron chi connectivity index (χ1n) is 9.17. The standard InChI is InChI=1S/C19H20N6O2S2/c1-10-6-7-12(8-11(10)2)25-19(22-23-24-25)28-9-15(26)21-18-16(17(20)27)13-4-3-5-14(13)29-18/h6-8H,3-5,9H2,1-2H3,(H2,20,27)(H,21,26). The second-order valence-corrected chi connectivity index (χ2v) is 8.95. The van der Waals surface area contributed by atoms with Crippen molar-refractivity contribution in [1.82, 2.24) is 20.2 Å². The van der Waals surface area contributed by atoms with E-state index in [2.05, 4.69) is 20.8 Å². The summed E-state index contributed by atoms with van der Waals surface area (Å²) in [5.41, 5.74) is 10.2. The van der Waals surface area contributed by atoms with Gasteiger partial charge in [-0.2, -0.15) is 4.68 Å². The van der Waals surface area contributed by atoms with Crippen LogP contribution >= 0.6 is 23.1 Å². The molecule has 29 heavy (non-hydrogen) atoms. The van der Waals surface area contributed by atoms with E-state index in [-0.39, 0.29) is 11.7 Å². The second-order valence-electron chi connectivity index (χ2n) is 6.90. The van der Waals surface area contributed by atoms with Crippen molar-refractivity contribution in [2.24, 2.45) is 5.73 Å². The Hall–Kier alpha value is -2.72. The molecule has 1 aliphatic carbocycles. The van der Waals surface area contributed by atoms with E-state index in [1.54, 1.807) is 4.68 Å². The predicted octanol–water partition coefficient (Wildman–Crippen LogP) is 2.66. The number of hydrogen-bond acceptors (Lipinski definition) is 7. The molecule has 0 saturated carbocycles. The van der Waals surface area contributed by atoms with Gasteiger partial charge in [0.05, 0.1) is 17.0 Å². The largest absolute Gasteiger partial charge is 0.365 e. The Kier molecular flexibility index (Phi) is 5.37. The molecule has 0 radical (unpaired) electrons. The SMILES string of the molecule is Cc1ccc(-n2nnnc2SCC(=O)Nc2sc3c(c2C(N)=O)CCC3)cc1C. The zero-order valence-corrected chi connectivity index (χ0v) is 17.7. The molecule has 8 nitrogen and oxygen atoms in total. The highest BCUT2D eigenvalue weighted by atomic mass is 32.2. The summed E-state index contributed by atoms with van der Waals surface area (Å²) in [6.07, 6.45) is 2.78. The third kappa shape index (κ3) is 3.90. The van der Waals surface area contributed by atoms with Gasteiger partial charge in [-0.05, 0) is 72.4 Å². The minimum absolute atomic E-state index is 0.117. The number of benzene rings is 1. The molecule has 0 saturated heterocycles. The Bertz CT molecular complexity index is 1100. The lowest BCUT2D eigenvalue weighted by molar-refractivity contribution is -0.113. The number of carbonyl (C=O) groups excluding carboxylic acids is 2. The van der Waals surface area contributed by atoms with Gasteiger partial charge in [-0.25, -0.2) is 0 Å². The van der Waals surface area contributed by atoms with E-state index >= 15 is 0 Å². The van der Waals surface area contributed by atoms with Crippen molar-refractivity contribution in [3.8, 4) is 5.69 Å². The molecule has 2 aromatic heterocycles. The molecule has 1 aliphatic rings. The van der Waals surface area contributed by atoms with Gasteiger partial charge < -0.3 is 11.1 Å². The summed E-state index contributed by atoms with van der Waals surface area (Å²) < 4.78 is 1.61. The van der Waals surface area contributed by atoms with Crippen LogP contribution in [0.2, 0.25) is 0 Å². The van der Waals surface area contributed by atoms with Crippen LogP contribution in [-0.2, 0) is 17.6 Å². The van der Waals surface area contributed by atoms with E-state index in [4.69, 9.17) is 5.73 Å². The Labute approximate surface area is 175 Å². The number of carbonyl (C=O) groups is 2. The second kappa shape index (κ2) is 7.96. The van der Waals surface area contributed by atoms with Gasteiger partial charge >= 0.3 is 0 Å². The highest BCUT2D eigenvalue weighted by Crippen LogP contribution is 2.38. The minimum atomic E-state index is -0.494. The smallest absolute Gasteiger partial charge is 0.251 e. The quantitative estimate of drug-likeness (QED) is 0.583. The maximum absolute atomic E-state index is 12.5. The van der Waals surface area contributed by atoms with Crippen molar-refractivity contribution < 1.29 is 9.59 Å². The molecule has 3 N–H and O–H groups in total. The van der Waals surface area contributed by atoms with E-state index in [0.29, 0.717) is 15.7 Å². The lowest BCUT2D eigenvalue weighted by Crippen LogP contribution is -2.19. The third-order valence-corrected chi connectivity index (χ3v) is 7.06. The minimum Gasteiger partial charge on any atom is -0.365 e. The van der Waals surface area contributed by atoms with Gasteiger partial charge in [0.1, 0.15) is 5.00 Å². The van der Waals surface area contributed by atoms with Crippen molar-refractivity contribution >= 4 is 39.9 Å². The van der Waals surface area contributed by atoms with Crippen LogP contribution in [0.1, 0.15) is 38.3 Å². The molecule has 3 aromatic rings. The Morgan fingerprint density at radius 1 is 1.28 bits per heavy atom. The summed E-state index contributed by atoms with van der Waals surface area (Å²) in [6.45, 7) is 4.07. The van der Waals surface area contributed by atoms with Crippen LogP contribution in [-0.4, -0.2) is 37.8 Å². The Morgan fingerprint density at radius 2 is 2.10 bits per heavy atom. The average molecular weight is 429 g/mol. The lowest BCUT2D eigenvalue weighted by Gasteiger charge is -2.08. The predicted molar refractivity (Wildman–Crippen MR) is 113 cm³/mol. The molecular formula is C19H20N6O2S2. The number of hydrogen-bond donors (Lipinski definition) is 2. The molecule has 0 spiro atoms. The summed E-state index contributed by atoms with van der Waals surface area (Å²) in [7, 11) is 0. The first-order valence-corrected chi connectivity index (χ1v) is 11.0. The first kappa shape index (κ1) is 19.6. The van der Waals surface area contributed by atoms with Gasteiger partial charge in [-0.15, -0.1) is 16.4 Å².